The van der Waals surface area contributed by atoms with Gasteiger partial charge in [-0.2, -0.15) is 0 Å². The summed E-state index contributed by atoms with van der Waals surface area (Å²) in [6.07, 6.45) is -0.353. The van der Waals surface area contributed by atoms with Crippen LogP contribution in [0.15, 0.2) is 66.7 Å². The minimum absolute atomic E-state index is 0.147. The smallest absolute Gasteiger partial charge is 0.304 e. The van der Waals surface area contributed by atoms with Crippen LogP contribution in [0.3, 0.4) is 0 Å². The number of hydrogen-bond donors (Lipinski definition) is 5. The van der Waals surface area contributed by atoms with E-state index in [0.29, 0.717) is 22.4 Å². The summed E-state index contributed by atoms with van der Waals surface area (Å²) < 4.78 is 27.5. The molecule has 1 atom stereocenters. The Morgan fingerprint density at radius 1 is 0.970 bits per heavy atom. The van der Waals surface area contributed by atoms with Gasteiger partial charge in [0.15, 0.2) is 5.96 Å². The molecule has 0 aliphatic carbocycles. The highest BCUT2D eigenvalue weighted by Crippen LogP contribution is 2.30. The van der Waals surface area contributed by atoms with Crippen molar-refractivity contribution in [2.45, 2.75) is 18.9 Å². The van der Waals surface area contributed by atoms with Gasteiger partial charge in [0, 0.05) is 29.8 Å². The zero-order valence-electron chi connectivity index (χ0n) is 17.4. The van der Waals surface area contributed by atoms with E-state index in [9.17, 15) is 23.5 Å². The Balaban J connectivity index is 1.78. The van der Waals surface area contributed by atoms with Gasteiger partial charge in [-0.3, -0.25) is 15.0 Å². The predicted octanol–water partition coefficient (Wildman–Crippen LogP) is 3.81. The first-order chi connectivity index (χ1) is 15.7. The molecule has 1 amide bonds. The second-order valence-electron chi connectivity index (χ2n) is 7.40. The summed E-state index contributed by atoms with van der Waals surface area (Å²) in [7, 11) is 0. The van der Waals surface area contributed by atoms with E-state index in [1.807, 2.05) is 0 Å². The number of nitrogens with one attached hydrogen (secondary N) is 3. The van der Waals surface area contributed by atoms with Crippen molar-refractivity contribution in [1.29, 1.82) is 5.41 Å². The van der Waals surface area contributed by atoms with E-state index in [0.717, 1.165) is 18.2 Å². The molecule has 7 nitrogen and oxygen atoms in total. The number of carbonyl (C=O) groups excluding carboxylic acids is 1. The first-order valence-corrected chi connectivity index (χ1v) is 9.97. The Morgan fingerprint density at radius 3 is 2.33 bits per heavy atom. The number of hydrogen-bond acceptors (Lipinski definition) is 3. The number of nitrogens with two attached hydrogens (primary N) is 1. The molecule has 0 radical (unpaired) electrons. The number of carboxylic acids is 1. The lowest BCUT2D eigenvalue weighted by molar-refractivity contribution is -0.137. The lowest BCUT2D eigenvalue weighted by atomic mass is 9.87. The van der Waals surface area contributed by atoms with Gasteiger partial charge in [-0.25, -0.2) is 8.78 Å². The van der Waals surface area contributed by atoms with Gasteiger partial charge in [0.1, 0.15) is 11.6 Å². The third kappa shape index (κ3) is 6.60. The van der Waals surface area contributed by atoms with Crippen LogP contribution >= 0.6 is 0 Å². The normalized spacial score (nSPS) is 11.5. The van der Waals surface area contributed by atoms with Crippen LogP contribution in [-0.4, -0.2) is 22.9 Å². The fourth-order valence-electron chi connectivity index (χ4n) is 3.48. The zero-order chi connectivity index (χ0) is 24.0. The Labute approximate surface area is 188 Å². The summed E-state index contributed by atoms with van der Waals surface area (Å²) in [4.78, 5) is 23.9. The van der Waals surface area contributed by atoms with Crippen molar-refractivity contribution in [2.75, 3.05) is 5.32 Å². The van der Waals surface area contributed by atoms with Gasteiger partial charge >= 0.3 is 5.97 Å². The van der Waals surface area contributed by atoms with Crippen molar-refractivity contribution in [1.82, 2.24) is 5.32 Å². The average molecular weight is 452 g/mol. The molecule has 0 aliphatic heterocycles. The monoisotopic (exact) mass is 452 g/mol. The average Bonchev–Trinajstić information content (AvgIpc) is 2.75. The van der Waals surface area contributed by atoms with Crippen molar-refractivity contribution in [2.24, 2.45) is 5.73 Å². The highest BCUT2D eigenvalue weighted by molar-refractivity contribution is 5.96. The quantitative estimate of drug-likeness (QED) is 0.262. The van der Waals surface area contributed by atoms with E-state index in [2.05, 4.69) is 10.6 Å². The number of halogens is 2. The maximum absolute atomic E-state index is 13.7. The number of carbonyl (C=O) groups is 2. The molecule has 170 valence electrons. The molecule has 9 heteroatoms. The summed E-state index contributed by atoms with van der Waals surface area (Å²) in [5.74, 6) is -4.06. The molecule has 0 saturated heterocycles. The molecule has 0 saturated carbocycles. The minimum Gasteiger partial charge on any atom is -0.481 e. The lowest BCUT2D eigenvalue weighted by Crippen LogP contribution is -2.24. The maximum Gasteiger partial charge on any atom is 0.304 e. The first-order valence-electron chi connectivity index (χ1n) is 9.97. The Bertz CT molecular complexity index is 1180. The fourth-order valence-corrected chi connectivity index (χ4v) is 3.48. The van der Waals surface area contributed by atoms with Gasteiger partial charge in [-0.1, -0.05) is 30.3 Å². The SMILES string of the molecule is N=C(N)Nc1cccc(C(=O)NCc2cccc(C(CC(=O)O)c3cc(F)cc(F)c3)c2)c1. The van der Waals surface area contributed by atoms with E-state index in [1.165, 1.54) is 0 Å². The zero-order valence-corrected chi connectivity index (χ0v) is 17.4. The number of anilines is 1. The summed E-state index contributed by atoms with van der Waals surface area (Å²) >= 11 is 0. The molecular formula is C24H22F2N4O3. The van der Waals surface area contributed by atoms with Gasteiger partial charge in [0.05, 0.1) is 6.42 Å². The third-order valence-corrected chi connectivity index (χ3v) is 4.88. The standard InChI is InChI=1S/C24H22F2N4O3/c25-18-8-17(9-19(26)11-18)21(12-22(31)32)15-4-1-3-14(7-15)13-29-23(33)16-5-2-6-20(10-16)30-24(27)28/h1-11,21H,12-13H2,(H,29,33)(H,31,32)(H4,27,28,30). The largest absolute Gasteiger partial charge is 0.481 e. The third-order valence-electron chi connectivity index (χ3n) is 4.88. The summed E-state index contributed by atoms with van der Waals surface area (Å²) in [6.45, 7) is 0.147. The first kappa shape index (κ1) is 23.4. The highest BCUT2D eigenvalue weighted by atomic mass is 19.1. The van der Waals surface area contributed by atoms with Crippen LogP contribution in [0.1, 0.15) is 39.4 Å². The summed E-state index contributed by atoms with van der Waals surface area (Å²) in [5, 5.41) is 22.0. The van der Waals surface area contributed by atoms with Crippen molar-refractivity contribution >= 4 is 23.5 Å². The molecule has 0 aromatic heterocycles. The lowest BCUT2D eigenvalue weighted by Gasteiger charge is -2.17. The number of carboxylic acid groups (broad SMARTS) is 1. The minimum atomic E-state index is -1.11. The van der Waals surface area contributed by atoms with Gasteiger partial charge in [-0.15, -0.1) is 0 Å². The fraction of sp³-hybridized carbons (Fsp3) is 0.125. The van der Waals surface area contributed by atoms with Crippen molar-refractivity contribution in [3.63, 3.8) is 0 Å². The van der Waals surface area contributed by atoms with Crippen molar-refractivity contribution in [3.05, 3.63) is 101 Å². The van der Waals surface area contributed by atoms with Gasteiger partial charge in [0.2, 0.25) is 0 Å². The van der Waals surface area contributed by atoms with Crippen LogP contribution in [0.25, 0.3) is 0 Å². The van der Waals surface area contributed by atoms with E-state index in [1.54, 1.807) is 48.5 Å². The van der Waals surface area contributed by atoms with Crippen LogP contribution < -0.4 is 16.4 Å². The van der Waals surface area contributed by atoms with Crippen LogP contribution in [-0.2, 0) is 11.3 Å². The van der Waals surface area contributed by atoms with E-state index < -0.39 is 23.5 Å². The second kappa shape index (κ2) is 10.4. The summed E-state index contributed by atoms with van der Waals surface area (Å²) in [6, 6.07) is 16.3. The van der Waals surface area contributed by atoms with Gasteiger partial charge in [-0.05, 0) is 47.0 Å². The molecule has 3 aromatic carbocycles. The van der Waals surface area contributed by atoms with Crippen molar-refractivity contribution in [3.8, 4) is 0 Å². The second-order valence-corrected chi connectivity index (χ2v) is 7.40. The van der Waals surface area contributed by atoms with Crippen LogP contribution in [0.2, 0.25) is 0 Å². The molecule has 3 rings (SSSR count). The highest BCUT2D eigenvalue weighted by Gasteiger charge is 2.20. The van der Waals surface area contributed by atoms with Crippen LogP contribution in [0.5, 0.6) is 0 Å². The predicted molar refractivity (Wildman–Crippen MR) is 120 cm³/mol. The number of benzene rings is 3. The Kier molecular flexibility index (Phi) is 7.34. The molecule has 0 bridgehead atoms. The number of aliphatic carboxylic acids is 1. The number of amides is 1. The molecule has 6 N–H and O–H groups in total. The van der Waals surface area contributed by atoms with Crippen molar-refractivity contribution < 1.29 is 23.5 Å². The van der Waals surface area contributed by atoms with E-state index >= 15 is 0 Å². The van der Waals surface area contributed by atoms with Gasteiger partial charge < -0.3 is 21.5 Å². The van der Waals surface area contributed by atoms with E-state index in [-0.39, 0.29) is 30.4 Å². The van der Waals surface area contributed by atoms with Crippen LogP contribution in [0.4, 0.5) is 14.5 Å². The topological polar surface area (TPSA) is 128 Å². The molecule has 0 fully saturated rings. The molecule has 0 aliphatic rings. The molecule has 0 spiro atoms. The number of rotatable bonds is 8. The van der Waals surface area contributed by atoms with E-state index in [4.69, 9.17) is 11.1 Å². The van der Waals surface area contributed by atoms with Gasteiger partial charge in [0.25, 0.3) is 5.91 Å². The molecule has 1 unspecified atom stereocenters. The number of guanidine groups is 1. The molecule has 0 heterocycles. The summed E-state index contributed by atoms with van der Waals surface area (Å²) in [5.41, 5.74) is 7.62. The Morgan fingerprint density at radius 2 is 1.67 bits per heavy atom. The molecular weight excluding hydrogens is 430 g/mol. The Hall–Kier alpha value is -4.27. The maximum atomic E-state index is 13.7. The molecule has 3 aromatic rings. The molecule has 33 heavy (non-hydrogen) atoms. The van der Waals surface area contributed by atoms with Crippen LogP contribution in [0, 0.1) is 17.0 Å².